The van der Waals surface area contributed by atoms with Crippen LogP contribution in [-0.4, -0.2) is 0 Å². The van der Waals surface area contributed by atoms with Crippen LogP contribution in [0.5, 0.6) is 0 Å². The number of benzene rings is 6. The van der Waals surface area contributed by atoms with Crippen LogP contribution in [0.1, 0.15) is 35.1 Å². The summed E-state index contributed by atoms with van der Waals surface area (Å²) in [6.45, 7) is 0. The fraction of sp³-hybridized carbons (Fsp3) is 0.122. The van der Waals surface area contributed by atoms with E-state index in [0.29, 0.717) is 0 Å². The van der Waals surface area contributed by atoms with E-state index in [0.717, 1.165) is 25.7 Å². The van der Waals surface area contributed by atoms with Crippen LogP contribution in [0.4, 0.5) is 0 Å². The van der Waals surface area contributed by atoms with Crippen LogP contribution in [0.3, 0.4) is 0 Å². The van der Waals surface area contributed by atoms with E-state index in [-0.39, 0.29) is 5.41 Å². The number of aryl methyl sites for hydroxylation is 2. The minimum Gasteiger partial charge on any atom is -0.0622 e. The molecule has 0 aliphatic heterocycles. The molecule has 0 aromatic heterocycles. The van der Waals surface area contributed by atoms with Crippen LogP contribution in [0.2, 0.25) is 0 Å². The van der Waals surface area contributed by atoms with Crippen molar-refractivity contribution in [3.63, 3.8) is 0 Å². The summed E-state index contributed by atoms with van der Waals surface area (Å²) in [7, 11) is 0. The van der Waals surface area contributed by atoms with Gasteiger partial charge in [0.2, 0.25) is 0 Å². The monoisotopic (exact) mass is 526 g/mol. The second-order valence-electron chi connectivity index (χ2n) is 11.3. The Balaban J connectivity index is 1.42. The molecule has 41 heavy (non-hydrogen) atoms. The molecule has 0 heteroatoms. The lowest BCUT2D eigenvalue weighted by atomic mass is 9.69. The average Bonchev–Trinajstić information content (AvgIpc) is 3.33. The van der Waals surface area contributed by atoms with Crippen molar-refractivity contribution in [3.05, 3.63) is 180 Å². The molecule has 0 fully saturated rings. The first-order chi connectivity index (χ1) is 20.3. The Labute approximate surface area is 244 Å². The van der Waals surface area contributed by atoms with Gasteiger partial charge in [-0.25, -0.2) is 0 Å². The van der Waals surface area contributed by atoms with Crippen LogP contribution in [0, 0.1) is 0 Å². The van der Waals surface area contributed by atoms with E-state index in [1.54, 1.807) is 0 Å². The topological polar surface area (TPSA) is 0 Å². The minimum absolute atomic E-state index is 0.0913. The van der Waals surface area contributed by atoms with Gasteiger partial charge in [-0.1, -0.05) is 146 Å². The van der Waals surface area contributed by atoms with Gasteiger partial charge in [0.15, 0.2) is 0 Å². The zero-order valence-electron chi connectivity index (χ0n) is 23.3. The first-order valence-corrected chi connectivity index (χ1v) is 14.8. The van der Waals surface area contributed by atoms with Gasteiger partial charge in [-0.05, 0) is 93.5 Å². The predicted octanol–water partition coefficient (Wildman–Crippen LogP) is 10.6. The quantitative estimate of drug-likeness (QED) is 0.185. The van der Waals surface area contributed by atoms with Gasteiger partial charge in [0.25, 0.3) is 0 Å². The molecule has 6 aromatic carbocycles. The number of rotatable bonds is 8. The molecule has 0 saturated heterocycles. The Hall–Kier alpha value is -4.68. The Morgan fingerprint density at radius 1 is 0.341 bits per heavy atom. The van der Waals surface area contributed by atoms with Crippen molar-refractivity contribution >= 4 is 0 Å². The second kappa shape index (κ2) is 11.1. The maximum Gasteiger partial charge on any atom is 0.0222 e. The molecule has 0 amide bonds. The summed E-state index contributed by atoms with van der Waals surface area (Å²) >= 11 is 0. The molecule has 1 aliphatic rings. The normalized spacial score (nSPS) is 13.0. The Morgan fingerprint density at radius 3 is 1.10 bits per heavy atom. The van der Waals surface area contributed by atoms with E-state index < -0.39 is 0 Å². The van der Waals surface area contributed by atoms with Gasteiger partial charge in [-0.2, -0.15) is 0 Å². The van der Waals surface area contributed by atoms with Crippen LogP contribution in [-0.2, 0) is 18.3 Å². The molecular weight excluding hydrogens is 492 g/mol. The summed E-state index contributed by atoms with van der Waals surface area (Å²) in [4.78, 5) is 0. The van der Waals surface area contributed by atoms with Crippen LogP contribution in [0.15, 0.2) is 158 Å². The average molecular weight is 527 g/mol. The van der Waals surface area contributed by atoms with Crippen molar-refractivity contribution in [1.82, 2.24) is 0 Å². The molecule has 0 unspecified atom stereocenters. The largest absolute Gasteiger partial charge is 0.0622 e. The van der Waals surface area contributed by atoms with Crippen molar-refractivity contribution in [1.29, 1.82) is 0 Å². The Morgan fingerprint density at radius 2 is 0.707 bits per heavy atom. The Kier molecular flexibility index (Phi) is 6.83. The molecule has 7 rings (SSSR count). The summed E-state index contributed by atoms with van der Waals surface area (Å²) in [6, 6.07) is 58.1. The summed E-state index contributed by atoms with van der Waals surface area (Å²) in [6.07, 6.45) is 4.22. The summed E-state index contributed by atoms with van der Waals surface area (Å²) in [5, 5.41) is 0. The van der Waals surface area contributed by atoms with Crippen LogP contribution < -0.4 is 0 Å². The van der Waals surface area contributed by atoms with Crippen LogP contribution >= 0.6 is 0 Å². The lowest BCUT2D eigenvalue weighted by Gasteiger charge is -2.33. The van der Waals surface area contributed by atoms with Gasteiger partial charge < -0.3 is 0 Å². The lowest BCUT2D eigenvalue weighted by molar-refractivity contribution is 0.446. The van der Waals surface area contributed by atoms with E-state index in [2.05, 4.69) is 158 Å². The first-order valence-electron chi connectivity index (χ1n) is 14.8. The van der Waals surface area contributed by atoms with Gasteiger partial charge in [0.1, 0.15) is 0 Å². The van der Waals surface area contributed by atoms with Gasteiger partial charge >= 0.3 is 0 Å². The first kappa shape index (κ1) is 25.3. The van der Waals surface area contributed by atoms with E-state index in [4.69, 9.17) is 0 Å². The zero-order chi connectivity index (χ0) is 27.5. The highest BCUT2D eigenvalue weighted by molar-refractivity contribution is 5.86. The van der Waals surface area contributed by atoms with Crippen molar-refractivity contribution < 1.29 is 0 Å². The highest BCUT2D eigenvalue weighted by Crippen LogP contribution is 2.55. The molecule has 0 radical (unpaired) electrons. The maximum absolute atomic E-state index is 2.50. The zero-order valence-corrected chi connectivity index (χ0v) is 23.3. The highest BCUT2D eigenvalue weighted by atomic mass is 14.5. The van der Waals surface area contributed by atoms with Crippen molar-refractivity contribution in [2.75, 3.05) is 0 Å². The third kappa shape index (κ3) is 4.92. The molecule has 0 bridgehead atoms. The molecule has 0 heterocycles. The fourth-order valence-electron chi connectivity index (χ4n) is 6.78. The van der Waals surface area contributed by atoms with E-state index in [9.17, 15) is 0 Å². The van der Waals surface area contributed by atoms with Gasteiger partial charge in [-0.15, -0.1) is 0 Å². The summed E-state index contributed by atoms with van der Waals surface area (Å²) in [5.74, 6) is 0. The highest BCUT2D eigenvalue weighted by Gasteiger charge is 2.43. The number of hydrogen-bond acceptors (Lipinski definition) is 0. The standard InChI is InChI=1S/C41H34/c1-5-13-31(14-6-1)25-27-41(28-26-32-15-7-2-8-16-32)39-29-35(33-17-9-3-10-18-33)21-23-37(39)38-24-22-36(30-40(38)41)34-19-11-4-12-20-34/h1-24,29-30H,25-28H2. The van der Waals surface area contributed by atoms with E-state index in [1.165, 1.54) is 55.6 Å². The molecule has 0 spiro atoms. The van der Waals surface area contributed by atoms with E-state index >= 15 is 0 Å². The molecule has 6 aromatic rings. The lowest BCUT2D eigenvalue weighted by Crippen LogP contribution is -2.27. The second-order valence-corrected chi connectivity index (χ2v) is 11.3. The van der Waals surface area contributed by atoms with Crippen LogP contribution in [0.25, 0.3) is 33.4 Å². The van der Waals surface area contributed by atoms with E-state index in [1.807, 2.05) is 0 Å². The third-order valence-corrected chi connectivity index (χ3v) is 8.94. The number of fused-ring (bicyclic) bond motifs is 3. The van der Waals surface area contributed by atoms with Crippen molar-refractivity contribution in [3.8, 4) is 33.4 Å². The summed E-state index contributed by atoms with van der Waals surface area (Å²) < 4.78 is 0. The smallest absolute Gasteiger partial charge is 0.0222 e. The molecule has 0 atom stereocenters. The van der Waals surface area contributed by atoms with Crippen molar-refractivity contribution in [2.24, 2.45) is 0 Å². The molecular formula is C41H34. The number of hydrogen-bond donors (Lipinski definition) is 0. The molecule has 0 saturated carbocycles. The molecule has 198 valence electrons. The van der Waals surface area contributed by atoms with Gasteiger partial charge in [-0.3, -0.25) is 0 Å². The van der Waals surface area contributed by atoms with Gasteiger partial charge in [0.05, 0.1) is 0 Å². The third-order valence-electron chi connectivity index (χ3n) is 8.94. The summed E-state index contributed by atoms with van der Waals surface area (Å²) in [5.41, 5.74) is 13.6. The SMILES string of the molecule is c1ccc(CCC2(CCc3ccccc3)c3cc(-c4ccccc4)ccc3-c3ccc(-c4ccccc4)cc32)cc1. The fourth-order valence-corrected chi connectivity index (χ4v) is 6.78. The maximum atomic E-state index is 2.50. The molecule has 0 nitrogen and oxygen atoms in total. The van der Waals surface area contributed by atoms with Crippen molar-refractivity contribution in [2.45, 2.75) is 31.1 Å². The molecule has 0 N–H and O–H groups in total. The predicted molar refractivity (Wildman–Crippen MR) is 173 cm³/mol. The molecule has 1 aliphatic carbocycles. The van der Waals surface area contributed by atoms with Gasteiger partial charge in [0, 0.05) is 5.41 Å². The minimum atomic E-state index is -0.0913. The Bertz CT molecular complexity index is 1620.